The van der Waals surface area contributed by atoms with Crippen LogP contribution in [0.25, 0.3) is 0 Å². The van der Waals surface area contributed by atoms with E-state index in [1.54, 1.807) is 20.0 Å². The molecule has 2 N–H and O–H groups in total. The highest BCUT2D eigenvalue weighted by atomic mass is 79.9. The number of nitrogens with one attached hydrogen (secondary N) is 1. The maximum atomic E-state index is 13.1. The van der Waals surface area contributed by atoms with Crippen molar-refractivity contribution in [3.63, 3.8) is 0 Å². The number of hydrogen-bond acceptors (Lipinski definition) is 2. The first kappa shape index (κ1) is 14.9. The fourth-order valence-corrected chi connectivity index (χ4v) is 1.79. The molecule has 0 aliphatic heterocycles. The number of aliphatic hydroxyl groups excluding tert-OH is 1. The van der Waals surface area contributed by atoms with Crippen molar-refractivity contribution in [3.05, 3.63) is 28.5 Å². The largest absolute Gasteiger partial charge is 0.393 e. The van der Waals surface area contributed by atoms with Gasteiger partial charge in [0.05, 0.1) is 6.10 Å². The minimum atomic E-state index is -0.455. The molecule has 0 aliphatic carbocycles. The van der Waals surface area contributed by atoms with Crippen LogP contribution in [-0.2, 0) is 0 Å². The minimum absolute atomic E-state index is 0.340. The van der Waals surface area contributed by atoms with Gasteiger partial charge in [0.2, 0.25) is 0 Å². The van der Waals surface area contributed by atoms with Crippen molar-refractivity contribution in [3.8, 4) is 0 Å². The van der Waals surface area contributed by atoms with E-state index in [0.717, 1.165) is 0 Å². The molecule has 0 heterocycles. The molecule has 18 heavy (non-hydrogen) atoms. The van der Waals surface area contributed by atoms with Crippen molar-refractivity contribution in [2.75, 3.05) is 18.9 Å². The summed E-state index contributed by atoms with van der Waals surface area (Å²) in [5, 5.41) is 11.7. The molecule has 6 heteroatoms. The number of anilines is 1. The summed E-state index contributed by atoms with van der Waals surface area (Å²) in [6.45, 7) is 2.09. The molecule has 0 saturated heterocycles. The second-order valence-corrected chi connectivity index (χ2v) is 5.06. The Bertz CT molecular complexity index is 406. The number of nitrogens with zero attached hydrogens (tertiary/aromatic N) is 1. The van der Waals surface area contributed by atoms with Crippen LogP contribution in [0.1, 0.15) is 13.3 Å². The summed E-state index contributed by atoms with van der Waals surface area (Å²) in [5.41, 5.74) is 0.385. The second-order valence-electron chi connectivity index (χ2n) is 4.15. The monoisotopic (exact) mass is 318 g/mol. The van der Waals surface area contributed by atoms with E-state index in [2.05, 4.69) is 21.2 Å². The molecule has 0 unspecified atom stereocenters. The van der Waals surface area contributed by atoms with Crippen LogP contribution in [0.5, 0.6) is 0 Å². The zero-order chi connectivity index (χ0) is 13.7. The summed E-state index contributed by atoms with van der Waals surface area (Å²) < 4.78 is 13.7. The molecule has 0 radical (unpaired) electrons. The quantitative estimate of drug-likeness (QED) is 0.897. The standard InChI is InChI=1S/C12H16BrFN2O2/c1-8(17)3-4-16(2)12(18)15-11-6-9(13)5-10(14)7-11/h5-8,17H,3-4H2,1-2H3,(H,15,18)/t8-/m0/s1. The van der Waals surface area contributed by atoms with Gasteiger partial charge in [0.25, 0.3) is 0 Å². The van der Waals surface area contributed by atoms with Crippen LogP contribution in [0, 0.1) is 5.82 Å². The first-order valence-corrected chi connectivity index (χ1v) is 6.34. The van der Waals surface area contributed by atoms with Crippen LogP contribution < -0.4 is 5.32 Å². The Morgan fingerprint density at radius 2 is 2.22 bits per heavy atom. The summed E-state index contributed by atoms with van der Waals surface area (Å²) in [6, 6.07) is 3.83. The number of carbonyl (C=O) groups is 1. The van der Waals surface area contributed by atoms with Crippen LogP contribution in [0.15, 0.2) is 22.7 Å². The highest BCUT2D eigenvalue weighted by molar-refractivity contribution is 9.10. The van der Waals surface area contributed by atoms with Crippen molar-refractivity contribution in [2.24, 2.45) is 0 Å². The third-order valence-corrected chi connectivity index (χ3v) is 2.80. The molecule has 0 aliphatic rings. The molecule has 0 spiro atoms. The Hall–Kier alpha value is -1.14. The smallest absolute Gasteiger partial charge is 0.321 e. The molecule has 0 fully saturated rings. The van der Waals surface area contributed by atoms with Gasteiger partial charge in [-0.2, -0.15) is 0 Å². The van der Waals surface area contributed by atoms with Gasteiger partial charge in [0.1, 0.15) is 5.82 Å². The molecule has 1 aromatic carbocycles. The first-order valence-electron chi connectivity index (χ1n) is 5.54. The zero-order valence-corrected chi connectivity index (χ0v) is 11.9. The number of urea groups is 1. The summed E-state index contributed by atoms with van der Waals surface area (Å²) >= 11 is 3.15. The Morgan fingerprint density at radius 1 is 1.56 bits per heavy atom. The number of benzene rings is 1. The van der Waals surface area contributed by atoms with Crippen LogP contribution in [0.3, 0.4) is 0 Å². The fraction of sp³-hybridized carbons (Fsp3) is 0.417. The molecule has 2 amide bonds. The van der Waals surface area contributed by atoms with Crippen LogP contribution in [0.4, 0.5) is 14.9 Å². The van der Waals surface area contributed by atoms with Gasteiger partial charge in [0, 0.05) is 23.8 Å². The van der Waals surface area contributed by atoms with Crippen molar-refractivity contribution in [2.45, 2.75) is 19.4 Å². The number of amides is 2. The summed E-state index contributed by atoms with van der Waals surface area (Å²) in [7, 11) is 1.62. The van der Waals surface area contributed by atoms with Gasteiger partial charge >= 0.3 is 6.03 Å². The van der Waals surface area contributed by atoms with Gasteiger partial charge in [-0.3, -0.25) is 0 Å². The van der Waals surface area contributed by atoms with Crippen molar-refractivity contribution in [1.29, 1.82) is 0 Å². The van der Waals surface area contributed by atoms with E-state index in [0.29, 0.717) is 23.1 Å². The topological polar surface area (TPSA) is 52.6 Å². The Morgan fingerprint density at radius 3 is 2.78 bits per heavy atom. The molecule has 4 nitrogen and oxygen atoms in total. The SMILES string of the molecule is C[C@H](O)CCN(C)C(=O)Nc1cc(F)cc(Br)c1. The molecule has 100 valence electrons. The molecule has 1 aromatic rings. The van der Waals surface area contributed by atoms with E-state index in [-0.39, 0.29) is 6.03 Å². The van der Waals surface area contributed by atoms with Gasteiger partial charge < -0.3 is 15.3 Å². The van der Waals surface area contributed by atoms with Crippen molar-refractivity contribution >= 4 is 27.6 Å². The van der Waals surface area contributed by atoms with Gasteiger partial charge in [-0.1, -0.05) is 15.9 Å². The maximum Gasteiger partial charge on any atom is 0.321 e. The van der Waals surface area contributed by atoms with E-state index >= 15 is 0 Å². The second kappa shape index (κ2) is 6.70. The van der Waals surface area contributed by atoms with Crippen LogP contribution >= 0.6 is 15.9 Å². The predicted octanol–water partition coefficient (Wildman–Crippen LogP) is 2.82. The summed E-state index contributed by atoms with van der Waals surface area (Å²) in [5.74, 6) is -0.425. The lowest BCUT2D eigenvalue weighted by Gasteiger charge is -2.18. The molecular weight excluding hydrogens is 303 g/mol. The fourth-order valence-electron chi connectivity index (χ4n) is 1.33. The molecular formula is C12H16BrFN2O2. The number of halogens is 2. The average Bonchev–Trinajstić information content (AvgIpc) is 2.24. The highest BCUT2D eigenvalue weighted by Crippen LogP contribution is 2.18. The number of rotatable bonds is 4. The highest BCUT2D eigenvalue weighted by Gasteiger charge is 2.10. The van der Waals surface area contributed by atoms with E-state index < -0.39 is 11.9 Å². The molecule has 1 atom stereocenters. The number of aliphatic hydroxyl groups is 1. The van der Waals surface area contributed by atoms with Gasteiger partial charge in [-0.15, -0.1) is 0 Å². The third-order valence-electron chi connectivity index (χ3n) is 2.34. The Kier molecular flexibility index (Phi) is 5.55. The lowest BCUT2D eigenvalue weighted by atomic mass is 10.3. The normalized spacial score (nSPS) is 12.1. The predicted molar refractivity (Wildman–Crippen MR) is 72.0 cm³/mol. The van der Waals surface area contributed by atoms with Gasteiger partial charge in [-0.25, -0.2) is 9.18 Å². The van der Waals surface area contributed by atoms with E-state index in [1.807, 2.05) is 0 Å². The van der Waals surface area contributed by atoms with E-state index in [4.69, 9.17) is 5.11 Å². The van der Waals surface area contributed by atoms with Gasteiger partial charge in [-0.05, 0) is 31.5 Å². The van der Waals surface area contributed by atoms with Gasteiger partial charge in [0.15, 0.2) is 0 Å². The molecule has 0 bridgehead atoms. The summed E-state index contributed by atoms with van der Waals surface area (Å²) in [6.07, 6.45) is 0.0418. The first-order chi connectivity index (χ1) is 8.38. The molecule has 1 rings (SSSR count). The lowest BCUT2D eigenvalue weighted by Crippen LogP contribution is -2.33. The maximum absolute atomic E-state index is 13.1. The third kappa shape index (κ3) is 5.01. The average molecular weight is 319 g/mol. The summed E-state index contributed by atoms with van der Waals surface area (Å²) in [4.78, 5) is 13.2. The zero-order valence-electron chi connectivity index (χ0n) is 10.3. The molecule has 0 aromatic heterocycles. The van der Waals surface area contributed by atoms with Crippen molar-refractivity contribution < 1.29 is 14.3 Å². The van der Waals surface area contributed by atoms with Crippen LogP contribution in [0.2, 0.25) is 0 Å². The Balaban J connectivity index is 2.58. The van der Waals surface area contributed by atoms with Crippen molar-refractivity contribution in [1.82, 2.24) is 4.90 Å². The van der Waals surface area contributed by atoms with E-state index in [9.17, 15) is 9.18 Å². The van der Waals surface area contributed by atoms with E-state index in [1.165, 1.54) is 17.0 Å². The Labute approximate surface area is 114 Å². The van der Waals surface area contributed by atoms with Crippen LogP contribution in [-0.4, -0.2) is 35.7 Å². The number of hydrogen-bond donors (Lipinski definition) is 2. The number of carbonyl (C=O) groups excluding carboxylic acids is 1. The molecule has 0 saturated carbocycles. The lowest BCUT2D eigenvalue weighted by molar-refractivity contribution is 0.167. The minimum Gasteiger partial charge on any atom is -0.393 e.